The first kappa shape index (κ1) is 16.0. The van der Waals surface area contributed by atoms with Crippen molar-refractivity contribution in [3.63, 3.8) is 0 Å². The van der Waals surface area contributed by atoms with Gasteiger partial charge in [-0.2, -0.15) is 0 Å². The number of amides is 1. The monoisotopic (exact) mass is 293 g/mol. The maximum Gasteiger partial charge on any atom is 0.273 e. The second kappa shape index (κ2) is 8.17. The van der Waals surface area contributed by atoms with Crippen LogP contribution in [0.3, 0.4) is 0 Å². The SMILES string of the molecule is CCCCC(N)c1nc(C(=O)NCC2CCCCC2)co1. The Morgan fingerprint density at radius 3 is 2.95 bits per heavy atom. The third-order valence-electron chi connectivity index (χ3n) is 4.22. The van der Waals surface area contributed by atoms with Gasteiger partial charge in [0.1, 0.15) is 6.26 Å². The molecule has 1 unspecified atom stereocenters. The summed E-state index contributed by atoms with van der Waals surface area (Å²) < 4.78 is 5.34. The molecule has 118 valence electrons. The first-order chi connectivity index (χ1) is 10.2. The minimum absolute atomic E-state index is 0.154. The number of oxazole rings is 1. The minimum atomic E-state index is -0.218. The molecule has 0 aromatic carbocycles. The Morgan fingerprint density at radius 2 is 2.24 bits per heavy atom. The number of nitrogens with two attached hydrogens (primary N) is 1. The first-order valence-corrected chi connectivity index (χ1v) is 8.20. The Kier molecular flexibility index (Phi) is 6.23. The Balaban J connectivity index is 1.80. The van der Waals surface area contributed by atoms with Gasteiger partial charge in [-0.25, -0.2) is 4.98 Å². The van der Waals surface area contributed by atoms with Crippen LogP contribution in [0.25, 0.3) is 0 Å². The number of hydrogen-bond donors (Lipinski definition) is 2. The van der Waals surface area contributed by atoms with E-state index in [2.05, 4.69) is 17.2 Å². The lowest BCUT2D eigenvalue weighted by atomic mass is 9.89. The number of nitrogens with zero attached hydrogens (tertiary/aromatic N) is 1. The standard InChI is InChI=1S/C16H27N3O2/c1-2-3-9-13(17)16-19-14(11-21-16)15(20)18-10-12-7-5-4-6-8-12/h11-13H,2-10,17H2,1H3,(H,18,20). The number of carbonyl (C=O) groups excluding carboxylic acids is 1. The zero-order valence-electron chi connectivity index (χ0n) is 12.9. The molecule has 0 saturated heterocycles. The van der Waals surface area contributed by atoms with Crippen molar-refractivity contribution in [2.75, 3.05) is 6.54 Å². The lowest BCUT2D eigenvalue weighted by Gasteiger charge is -2.21. The molecule has 5 nitrogen and oxygen atoms in total. The maximum atomic E-state index is 12.1. The Hall–Kier alpha value is -1.36. The molecule has 1 aliphatic carbocycles. The first-order valence-electron chi connectivity index (χ1n) is 8.20. The smallest absolute Gasteiger partial charge is 0.273 e. The lowest BCUT2D eigenvalue weighted by Crippen LogP contribution is -2.30. The van der Waals surface area contributed by atoms with Gasteiger partial charge in [0, 0.05) is 6.54 Å². The lowest BCUT2D eigenvalue weighted by molar-refractivity contribution is 0.0938. The van der Waals surface area contributed by atoms with Crippen LogP contribution in [0, 0.1) is 5.92 Å². The molecule has 1 aromatic rings. The van der Waals surface area contributed by atoms with Crippen LogP contribution < -0.4 is 11.1 Å². The van der Waals surface area contributed by atoms with Gasteiger partial charge >= 0.3 is 0 Å². The molecule has 1 fully saturated rings. The van der Waals surface area contributed by atoms with Gasteiger partial charge in [-0.3, -0.25) is 4.79 Å². The van der Waals surface area contributed by atoms with E-state index in [1.807, 2.05) is 0 Å². The molecule has 0 radical (unpaired) electrons. The van der Waals surface area contributed by atoms with Crippen molar-refractivity contribution in [3.05, 3.63) is 17.8 Å². The summed E-state index contributed by atoms with van der Waals surface area (Å²) in [5.41, 5.74) is 6.34. The molecule has 1 amide bonds. The van der Waals surface area contributed by atoms with Crippen molar-refractivity contribution in [1.82, 2.24) is 10.3 Å². The van der Waals surface area contributed by atoms with Crippen LogP contribution in [0.1, 0.15) is 80.7 Å². The summed E-state index contributed by atoms with van der Waals surface area (Å²) in [6.07, 6.45) is 10.7. The minimum Gasteiger partial charge on any atom is -0.446 e. The number of rotatable bonds is 7. The zero-order valence-corrected chi connectivity index (χ0v) is 12.9. The molecule has 1 atom stereocenters. The van der Waals surface area contributed by atoms with Crippen LogP contribution in [-0.4, -0.2) is 17.4 Å². The highest BCUT2D eigenvalue weighted by molar-refractivity contribution is 5.91. The molecule has 1 aromatic heterocycles. The zero-order chi connectivity index (χ0) is 15.1. The molecule has 3 N–H and O–H groups in total. The summed E-state index contributed by atoms with van der Waals surface area (Å²) in [6, 6.07) is -0.218. The van der Waals surface area contributed by atoms with E-state index >= 15 is 0 Å². The Bertz CT molecular complexity index is 438. The van der Waals surface area contributed by atoms with E-state index in [0.29, 0.717) is 17.5 Å². The summed E-state index contributed by atoms with van der Waals surface area (Å²) in [5, 5.41) is 2.96. The maximum absolute atomic E-state index is 12.1. The van der Waals surface area contributed by atoms with E-state index in [0.717, 1.165) is 25.8 Å². The fourth-order valence-electron chi connectivity index (χ4n) is 2.83. The van der Waals surface area contributed by atoms with E-state index < -0.39 is 0 Å². The number of nitrogens with one attached hydrogen (secondary N) is 1. The van der Waals surface area contributed by atoms with Crippen molar-refractivity contribution in [1.29, 1.82) is 0 Å². The summed E-state index contributed by atoms with van der Waals surface area (Å²) in [7, 11) is 0. The van der Waals surface area contributed by atoms with Gasteiger partial charge < -0.3 is 15.5 Å². The summed E-state index contributed by atoms with van der Waals surface area (Å²) in [5.74, 6) is 0.922. The Labute approximate surface area is 126 Å². The van der Waals surface area contributed by atoms with Gasteiger partial charge in [0.15, 0.2) is 5.69 Å². The van der Waals surface area contributed by atoms with E-state index in [-0.39, 0.29) is 11.9 Å². The molecule has 0 spiro atoms. The van der Waals surface area contributed by atoms with Crippen LogP contribution >= 0.6 is 0 Å². The summed E-state index contributed by atoms with van der Waals surface area (Å²) >= 11 is 0. The molecule has 0 bridgehead atoms. The fraction of sp³-hybridized carbons (Fsp3) is 0.750. The van der Waals surface area contributed by atoms with Crippen molar-refractivity contribution < 1.29 is 9.21 Å². The van der Waals surface area contributed by atoms with Crippen LogP contribution in [0.2, 0.25) is 0 Å². The predicted octanol–water partition coefficient (Wildman–Crippen LogP) is 3.17. The van der Waals surface area contributed by atoms with Crippen molar-refractivity contribution in [2.45, 2.75) is 64.3 Å². The van der Waals surface area contributed by atoms with Crippen molar-refractivity contribution in [2.24, 2.45) is 11.7 Å². The second-order valence-corrected chi connectivity index (χ2v) is 6.03. The van der Waals surface area contributed by atoms with Gasteiger partial charge in [0.2, 0.25) is 5.89 Å². The summed E-state index contributed by atoms with van der Waals surface area (Å²) in [6.45, 7) is 2.86. The van der Waals surface area contributed by atoms with E-state index in [1.165, 1.54) is 38.4 Å². The number of unbranched alkanes of at least 4 members (excludes halogenated alkanes) is 1. The molecular weight excluding hydrogens is 266 g/mol. The number of carbonyl (C=O) groups is 1. The fourth-order valence-corrected chi connectivity index (χ4v) is 2.83. The van der Waals surface area contributed by atoms with E-state index in [9.17, 15) is 4.79 Å². The normalized spacial score (nSPS) is 17.6. The topological polar surface area (TPSA) is 81.1 Å². The Morgan fingerprint density at radius 1 is 1.48 bits per heavy atom. The second-order valence-electron chi connectivity index (χ2n) is 6.03. The molecule has 5 heteroatoms. The third-order valence-corrected chi connectivity index (χ3v) is 4.22. The van der Waals surface area contributed by atoms with E-state index in [1.54, 1.807) is 0 Å². The van der Waals surface area contributed by atoms with Gasteiger partial charge in [-0.1, -0.05) is 39.0 Å². The van der Waals surface area contributed by atoms with Gasteiger partial charge in [0.25, 0.3) is 5.91 Å². The van der Waals surface area contributed by atoms with Crippen LogP contribution in [0.4, 0.5) is 0 Å². The van der Waals surface area contributed by atoms with Gasteiger partial charge in [-0.15, -0.1) is 0 Å². The third kappa shape index (κ3) is 4.84. The highest BCUT2D eigenvalue weighted by atomic mass is 16.3. The molecule has 1 saturated carbocycles. The molecule has 0 aliphatic heterocycles. The average Bonchev–Trinajstić information content (AvgIpc) is 3.01. The molecule has 21 heavy (non-hydrogen) atoms. The highest BCUT2D eigenvalue weighted by Crippen LogP contribution is 2.23. The van der Waals surface area contributed by atoms with Gasteiger partial charge in [0.05, 0.1) is 6.04 Å². The van der Waals surface area contributed by atoms with E-state index in [4.69, 9.17) is 10.2 Å². The van der Waals surface area contributed by atoms with Crippen LogP contribution in [0.5, 0.6) is 0 Å². The van der Waals surface area contributed by atoms with Crippen molar-refractivity contribution >= 4 is 5.91 Å². The summed E-state index contributed by atoms with van der Waals surface area (Å²) in [4.78, 5) is 16.3. The molecule has 1 aliphatic rings. The average molecular weight is 293 g/mol. The molecule has 1 heterocycles. The van der Waals surface area contributed by atoms with Crippen LogP contribution in [-0.2, 0) is 0 Å². The highest BCUT2D eigenvalue weighted by Gasteiger charge is 2.18. The van der Waals surface area contributed by atoms with Crippen LogP contribution in [0.15, 0.2) is 10.7 Å². The van der Waals surface area contributed by atoms with Crippen molar-refractivity contribution in [3.8, 4) is 0 Å². The quantitative estimate of drug-likeness (QED) is 0.809. The number of hydrogen-bond acceptors (Lipinski definition) is 4. The molecular formula is C16H27N3O2. The van der Waals surface area contributed by atoms with Gasteiger partial charge in [-0.05, 0) is 25.2 Å². The predicted molar refractivity (Wildman–Crippen MR) is 81.9 cm³/mol. The number of aromatic nitrogens is 1. The molecule has 2 rings (SSSR count). The largest absolute Gasteiger partial charge is 0.446 e.